The molecule has 0 aromatic heterocycles. The van der Waals surface area contributed by atoms with E-state index in [0.29, 0.717) is 0 Å². The van der Waals surface area contributed by atoms with Gasteiger partial charge in [0.05, 0.1) is 0 Å². The smallest absolute Gasteiger partial charge is 0.303 e. The largest absolute Gasteiger partial charge is 0.458 e. The molecular weight excluding hydrogens is 352 g/mol. The molecule has 2 aliphatic carbocycles. The topological polar surface area (TPSA) is 52.6 Å². The Morgan fingerprint density at radius 2 is 1.21 bits per heavy atom. The fourth-order valence-corrected chi connectivity index (χ4v) is 5.23. The molecule has 4 rings (SSSR count). The molecule has 0 unspecified atom stereocenters. The lowest BCUT2D eigenvalue weighted by Crippen LogP contribution is -2.34. The van der Waals surface area contributed by atoms with Gasteiger partial charge in [-0.15, -0.1) is 0 Å². The molecule has 0 saturated heterocycles. The summed E-state index contributed by atoms with van der Waals surface area (Å²) in [6, 6.07) is 12.5. The van der Waals surface area contributed by atoms with E-state index in [1.165, 1.54) is 36.1 Å². The first-order valence-corrected chi connectivity index (χ1v) is 9.90. The molecule has 2 aromatic rings. The monoisotopic (exact) mass is 378 g/mol. The number of hydrogen-bond donors (Lipinski definition) is 0. The zero-order chi connectivity index (χ0) is 20.0. The maximum absolute atomic E-state index is 11.7. The number of aryl methyl sites for hydroxylation is 2. The second kappa shape index (κ2) is 7.08. The van der Waals surface area contributed by atoms with Gasteiger partial charge in [0, 0.05) is 19.8 Å². The molecule has 28 heavy (non-hydrogen) atoms. The number of fused-ring (bicyclic) bond motifs is 5. The summed E-state index contributed by atoms with van der Waals surface area (Å²) in [5, 5.41) is 0. The van der Waals surface area contributed by atoms with Crippen LogP contribution in [0.5, 0.6) is 0 Å². The lowest BCUT2D eigenvalue weighted by Gasteiger charge is -2.45. The number of ether oxygens (including phenoxy) is 2. The Labute approximate surface area is 165 Å². The Bertz CT molecular complexity index is 870. The second-order valence-corrected chi connectivity index (χ2v) is 8.06. The highest BCUT2D eigenvalue weighted by molar-refractivity contribution is 5.67. The van der Waals surface area contributed by atoms with E-state index >= 15 is 0 Å². The van der Waals surface area contributed by atoms with Gasteiger partial charge in [-0.2, -0.15) is 0 Å². The van der Waals surface area contributed by atoms with Crippen LogP contribution in [0.4, 0.5) is 0 Å². The summed E-state index contributed by atoms with van der Waals surface area (Å²) >= 11 is 0. The summed E-state index contributed by atoms with van der Waals surface area (Å²) in [7, 11) is 0. The Hall–Kier alpha value is -2.62. The third kappa shape index (κ3) is 3.11. The van der Waals surface area contributed by atoms with Crippen LogP contribution in [0.3, 0.4) is 0 Å². The quantitative estimate of drug-likeness (QED) is 0.685. The van der Waals surface area contributed by atoms with E-state index in [-0.39, 0.29) is 36.0 Å². The van der Waals surface area contributed by atoms with E-state index in [9.17, 15) is 9.59 Å². The number of benzene rings is 2. The van der Waals surface area contributed by atoms with E-state index in [2.05, 4.69) is 38.1 Å². The standard InChI is InChI=1S/C24H26O4/c1-13-7-5-9-18-20(27-15(3)25)11-17-12-21(28-16(4)26)19-10-6-8-14(2)23(19)24(17)22(13)18/h5-10,17,20-21,24H,11-12H2,1-4H3/t17?,20-,21-,24?/m1/s1. The third-order valence-electron chi connectivity index (χ3n) is 6.15. The molecule has 0 bridgehead atoms. The summed E-state index contributed by atoms with van der Waals surface area (Å²) in [5.74, 6) is -0.0541. The van der Waals surface area contributed by atoms with Gasteiger partial charge in [0.15, 0.2) is 0 Å². The highest BCUT2D eigenvalue weighted by atomic mass is 16.5. The lowest BCUT2D eigenvalue weighted by atomic mass is 9.62. The van der Waals surface area contributed by atoms with Crippen molar-refractivity contribution >= 4 is 11.9 Å². The van der Waals surface area contributed by atoms with E-state index in [4.69, 9.17) is 9.47 Å². The summed E-state index contributed by atoms with van der Waals surface area (Å²) in [6.45, 7) is 7.18. The summed E-state index contributed by atoms with van der Waals surface area (Å²) in [5.41, 5.74) is 7.17. The van der Waals surface area contributed by atoms with Crippen LogP contribution in [0.2, 0.25) is 0 Å². The van der Waals surface area contributed by atoms with Crippen molar-refractivity contribution < 1.29 is 19.1 Å². The van der Waals surface area contributed by atoms with Crippen molar-refractivity contribution in [2.45, 2.75) is 58.7 Å². The first kappa shape index (κ1) is 18.7. The van der Waals surface area contributed by atoms with E-state index in [1.54, 1.807) is 0 Å². The maximum atomic E-state index is 11.7. The van der Waals surface area contributed by atoms with Gasteiger partial charge < -0.3 is 9.47 Å². The van der Waals surface area contributed by atoms with Crippen molar-refractivity contribution in [1.29, 1.82) is 0 Å². The number of hydrogen-bond acceptors (Lipinski definition) is 4. The van der Waals surface area contributed by atoms with Gasteiger partial charge in [-0.1, -0.05) is 36.4 Å². The molecule has 2 atom stereocenters. The molecule has 0 heterocycles. The van der Waals surface area contributed by atoms with Crippen LogP contribution in [0.25, 0.3) is 0 Å². The number of carbonyl (C=O) groups is 2. The molecule has 0 saturated carbocycles. The Morgan fingerprint density at radius 3 is 1.61 bits per heavy atom. The fourth-order valence-electron chi connectivity index (χ4n) is 5.23. The lowest BCUT2D eigenvalue weighted by molar-refractivity contribution is -0.149. The minimum atomic E-state index is -0.264. The van der Waals surface area contributed by atoms with E-state index in [1.807, 2.05) is 12.1 Å². The predicted molar refractivity (Wildman–Crippen MR) is 106 cm³/mol. The maximum Gasteiger partial charge on any atom is 0.303 e. The van der Waals surface area contributed by atoms with Gasteiger partial charge >= 0.3 is 11.9 Å². The summed E-state index contributed by atoms with van der Waals surface area (Å²) in [6.07, 6.45) is 0.979. The van der Waals surface area contributed by atoms with Crippen LogP contribution in [0.1, 0.15) is 78.2 Å². The van der Waals surface area contributed by atoms with Gasteiger partial charge in [0.2, 0.25) is 0 Å². The molecular formula is C24H26O4. The predicted octanol–water partition coefficient (Wildman–Crippen LogP) is 5.07. The third-order valence-corrected chi connectivity index (χ3v) is 6.15. The van der Waals surface area contributed by atoms with Crippen LogP contribution < -0.4 is 0 Å². The minimum absolute atomic E-state index is 0.228. The number of rotatable bonds is 2. The molecule has 4 nitrogen and oxygen atoms in total. The number of carbonyl (C=O) groups excluding carboxylic acids is 2. The average Bonchev–Trinajstić information content (AvgIpc) is 2.61. The molecule has 0 aliphatic heterocycles. The molecule has 2 aromatic carbocycles. The van der Waals surface area contributed by atoms with E-state index < -0.39 is 0 Å². The summed E-state index contributed by atoms with van der Waals surface area (Å²) < 4.78 is 11.4. The van der Waals surface area contributed by atoms with Gasteiger partial charge in [0.1, 0.15) is 12.2 Å². The van der Waals surface area contributed by atoms with Crippen molar-refractivity contribution in [2.24, 2.45) is 5.92 Å². The van der Waals surface area contributed by atoms with Crippen molar-refractivity contribution in [2.75, 3.05) is 0 Å². The van der Waals surface area contributed by atoms with Crippen molar-refractivity contribution in [3.8, 4) is 0 Å². The minimum Gasteiger partial charge on any atom is -0.458 e. The van der Waals surface area contributed by atoms with Crippen molar-refractivity contribution in [3.05, 3.63) is 69.8 Å². The van der Waals surface area contributed by atoms with Crippen LogP contribution in [-0.4, -0.2) is 11.9 Å². The molecule has 0 radical (unpaired) electrons. The molecule has 2 aliphatic rings. The van der Waals surface area contributed by atoms with Crippen LogP contribution in [-0.2, 0) is 19.1 Å². The van der Waals surface area contributed by atoms with Gasteiger partial charge in [-0.05, 0) is 66.0 Å². The fraction of sp³-hybridized carbons (Fsp3) is 0.417. The molecule has 0 N–H and O–H groups in total. The zero-order valence-corrected chi connectivity index (χ0v) is 16.8. The highest BCUT2D eigenvalue weighted by Gasteiger charge is 2.44. The first-order chi connectivity index (χ1) is 13.4. The van der Waals surface area contributed by atoms with Gasteiger partial charge in [0.25, 0.3) is 0 Å². The van der Waals surface area contributed by atoms with Crippen LogP contribution in [0.15, 0.2) is 36.4 Å². The molecule has 0 fully saturated rings. The van der Waals surface area contributed by atoms with Crippen molar-refractivity contribution in [1.82, 2.24) is 0 Å². The van der Waals surface area contributed by atoms with Gasteiger partial charge in [-0.3, -0.25) is 9.59 Å². The Kier molecular flexibility index (Phi) is 4.74. The normalized spacial score (nSPS) is 25.1. The van der Waals surface area contributed by atoms with Crippen molar-refractivity contribution in [3.63, 3.8) is 0 Å². The van der Waals surface area contributed by atoms with Crippen LogP contribution >= 0.6 is 0 Å². The summed E-state index contributed by atoms with van der Waals surface area (Å²) in [4.78, 5) is 23.5. The average molecular weight is 378 g/mol. The highest BCUT2D eigenvalue weighted by Crippen LogP contribution is 2.55. The SMILES string of the molecule is CC(=O)O[C@@H]1CC2C[C@@H](OC(C)=O)c3cccc(C)c3C2c2c(C)cccc21. The molecule has 4 heteroatoms. The molecule has 0 amide bonds. The first-order valence-electron chi connectivity index (χ1n) is 9.90. The van der Waals surface area contributed by atoms with Gasteiger partial charge in [-0.25, -0.2) is 0 Å². The Balaban J connectivity index is 1.91. The molecule has 0 spiro atoms. The Morgan fingerprint density at radius 1 is 0.786 bits per heavy atom. The zero-order valence-electron chi connectivity index (χ0n) is 16.8. The number of esters is 2. The van der Waals surface area contributed by atoms with E-state index in [0.717, 1.165) is 24.0 Å². The molecule has 146 valence electrons. The van der Waals surface area contributed by atoms with Crippen LogP contribution in [0, 0.1) is 19.8 Å². The second-order valence-electron chi connectivity index (χ2n) is 8.06.